The Balaban J connectivity index is 0.000000145. The first-order chi connectivity index (χ1) is 22.0. The third-order valence-electron chi connectivity index (χ3n) is 7.88. The normalized spacial score (nSPS) is 11.0. The number of esters is 1. The third-order valence-corrected chi connectivity index (χ3v) is 7.88. The standard InChI is InChI=1S/C20H14O3.C19H12O3/c1-22-20(21)17-9-3-2-7-13(17)15-10-6-11-16-14-8-4-5-12-18(14)23-19(15)16;20-19(21)16-8-2-1-6-12(16)14-9-5-10-15-13-7-3-4-11-17(13)22-18(14)15/h2-12H,1H3;1-11H,(H,20,21). The summed E-state index contributed by atoms with van der Waals surface area (Å²) >= 11 is 0. The monoisotopic (exact) mass is 590 g/mol. The van der Waals surface area contributed by atoms with Crippen LogP contribution in [-0.2, 0) is 4.74 Å². The molecule has 0 unspecified atom stereocenters. The predicted octanol–water partition coefficient (Wildman–Crippen LogP) is 9.99. The number of benzene rings is 6. The summed E-state index contributed by atoms with van der Waals surface area (Å²) in [5.74, 6) is -1.29. The van der Waals surface area contributed by atoms with Crippen LogP contribution in [0.2, 0.25) is 0 Å². The summed E-state index contributed by atoms with van der Waals surface area (Å²) in [5.41, 5.74) is 7.11. The smallest absolute Gasteiger partial charge is 0.338 e. The van der Waals surface area contributed by atoms with Crippen LogP contribution in [0.1, 0.15) is 20.7 Å². The number of para-hydroxylation sites is 4. The van der Waals surface area contributed by atoms with Crippen molar-refractivity contribution in [1.29, 1.82) is 0 Å². The molecule has 8 rings (SSSR count). The van der Waals surface area contributed by atoms with Gasteiger partial charge < -0.3 is 18.7 Å². The van der Waals surface area contributed by atoms with E-state index in [9.17, 15) is 14.7 Å². The summed E-state index contributed by atoms with van der Waals surface area (Å²) in [6.45, 7) is 0. The Morgan fingerprint density at radius 2 is 0.889 bits per heavy atom. The lowest BCUT2D eigenvalue weighted by Gasteiger charge is -2.08. The first-order valence-electron chi connectivity index (χ1n) is 14.4. The maximum Gasteiger partial charge on any atom is 0.338 e. The molecule has 6 nitrogen and oxygen atoms in total. The minimum Gasteiger partial charge on any atom is -0.478 e. The Labute approximate surface area is 257 Å². The Morgan fingerprint density at radius 1 is 0.489 bits per heavy atom. The van der Waals surface area contributed by atoms with Crippen molar-refractivity contribution in [3.8, 4) is 22.3 Å². The van der Waals surface area contributed by atoms with Crippen LogP contribution in [0.3, 0.4) is 0 Å². The van der Waals surface area contributed by atoms with Crippen LogP contribution in [0.25, 0.3) is 66.1 Å². The van der Waals surface area contributed by atoms with Gasteiger partial charge in [-0.15, -0.1) is 0 Å². The Kier molecular flexibility index (Phi) is 7.08. The Morgan fingerprint density at radius 3 is 1.40 bits per heavy atom. The highest BCUT2D eigenvalue weighted by Gasteiger charge is 2.18. The lowest BCUT2D eigenvalue weighted by Crippen LogP contribution is -2.03. The molecule has 1 N–H and O–H groups in total. The minimum atomic E-state index is -0.941. The van der Waals surface area contributed by atoms with Gasteiger partial charge in [0.2, 0.25) is 0 Å². The Hall–Kier alpha value is -6.14. The number of hydrogen-bond acceptors (Lipinski definition) is 5. The van der Waals surface area contributed by atoms with Crippen molar-refractivity contribution in [2.45, 2.75) is 0 Å². The van der Waals surface area contributed by atoms with E-state index in [2.05, 4.69) is 0 Å². The van der Waals surface area contributed by atoms with Crippen molar-refractivity contribution in [2.75, 3.05) is 7.11 Å². The molecule has 0 aliphatic carbocycles. The number of fused-ring (bicyclic) bond motifs is 6. The van der Waals surface area contributed by atoms with Gasteiger partial charge in [0.05, 0.1) is 18.2 Å². The molecule has 8 aromatic rings. The van der Waals surface area contributed by atoms with Crippen LogP contribution in [0.15, 0.2) is 142 Å². The van der Waals surface area contributed by atoms with Gasteiger partial charge in [0.15, 0.2) is 0 Å². The van der Waals surface area contributed by atoms with Gasteiger partial charge in [-0.05, 0) is 35.4 Å². The first kappa shape index (κ1) is 27.7. The highest BCUT2D eigenvalue weighted by molar-refractivity contribution is 6.12. The van der Waals surface area contributed by atoms with Gasteiger partial charge in [-0.3, -0.25) is 0 Å². The summed E-state index contributed by atoms with van der Waals surface area (Å²) in [5, 5.41) is 13.5. The van der Waals surface area contributed by atoms with Crippen molar-refractivity contribution in [1.82, 2.24) is 0 Å². The molecular formula is C39H26O6. The SMILES string of the molecule is COC(=O)c1ccccc1-c1cccc2c1oc1ccccc12.O=C(O)c1ccccc1-c1cccc2c1oc1ccccc12. The van der Waals surface area contributed by atoms with Crippen molar-refractivity contribution >= 4 is 55.8 Å². The van der Waals surface area contributed by atoms with Crippen molar-refractivity contribution in [2.24, 2.45) is 0 Å². The number of rotatable bonds is 4. The molecule has 0 aliphatic rings. The molecule has 0 amide bonds. The molecule has 0 saturated carbocycles. The molecular weight excluding hydrogens is 564 g/mol. The van der Waals surface area contributed by atoms with Crippen LogP contribution in [0.5, 0.6) is 0 Å². The number of carboxylic acids is 1. The van der Waals surface area contributed by atoms with Crippen LogP contribution < -0.4 is 0 Å². The zero-order chi connectivity index (χ0) is 30.9. The number of furan rings is 2. The summed E-state index contributed by atoms with van der Waals surface area (Å²) in [4.78, 5) is 23.5. The van der Waals surface area contributed by atoms with E-state index < -0.39 is 5.97 Å². The van der Waals surface area contributed by atoms with E-state index in [0.717, 1.165) is 60.6 Å². The summed E-state index contributed by atoms with van der Waals surface area (Å²) in [6.07, 6.45) is 0. The van der Waals surface area contributed by atoms with Gasteiger partial charge in [-0.1, -0.05) is 109 Å². The van der Waals surface area contributed by atoms with Crippen LogP contribution >= 0.6 is 0 Å². The summed E-state index contributed by atoms with van der Waals surface area (Å²) in [6, 6.07) is 41.9. The maximum absolute atomic E-state index is 12.1. The summed E-state index contributed by atoms with van der Waals surface area (Å²) in [7, 11) is 1.39. The predicted molar refractivity (Wildman–Crippen MR) is 177 cm³/mol. The largest absolute Gasteiger partial charge is 0.478 e. The fourth-order valence-electron chi connectivity index (χ4n) is 5.83. The number of carbonyl (C=O) groups excluding carboxylic acids is 1. The van der Waals surface area contributed by atoms with Crippen molar-refractivity contribution < 1.29 is 28.3 Å². The van der Waals surface area contributed by atoms with Crippen LogP contribution in [0.4, 0.5) is 0 Å². The number of ether oxygens (including phenoxy) is 1. The average Bonchev–Trinajstić information content (AvgIpc) is 3.67. The molecule has 0 atom stereocenters. The Bertz CT molecular complexity index is 2380. The molecule has 0 radical (unpaired) electrons. The van der Waals surface area contributed by atoms with Gasteiger partial charge in [-0.25, -0.2) is 9.59 Å². The highest BCUT2D eigenvalue weighted by Crippen LogP contribution is 2.38. The second kappa shape index (κ2) is 11.5. The highest BCUT2D eigenvalue weighted by atomic mass is 16.5. The molecule has 6 aromatic carbocycles. The van der Waals surface area contributed by atoms with E-state index in [1.807, 2.05) is 115 Å². The summed E-state index contributed by atoms with van der Waals surface area (Å²) < 4.78 is 16.9. The number of methoxy groups -OCH3 is 1. The molecule has 0 spiro atoms. The molecule has 0 aliphatic heterocycles. The number of aromatic carboxylic acids is 1. The number of hydrogen-bond donors (Lipinski definition) is 1. The van der Waals surface area contributed by atoms with E-state index in [0.29, 0.717) is 11.1 Å². The number of carboxylic acid groups (broad SMARTS) is 1. The van der Waals surface area contributed by atoms with Gasteiger partial charge in [0.25, 0.3) is 0 Å². The lowest BCUT2D eigenvalue weighted by molar-refractivity contribution is 0.0600. The van der Waals surface area contributed by atoms with E-state index in [1.165, 1.54) is 7.11 Å². The molecule has 0 fully saturated rings. The van der Waals surface area contributed by atoms with Crippen molar-refractivity contribution in [3.05, 3.63) is 145 Å². The molecule has 0 saturated heterocycles. The average molecular weight is 591 g/mol. The van der Waals surface area contributed by atoms with Crippen LogP contribution in [0, 0.1) is 0 Å². The quantitative estimate of drug-likeness (QED) is 0.205. The number of carbonyl (C=O) groups is 2. The van der Waals surface area contributed by atoms with Gasteiger partial charge in [0.1, 0.15) is 22.3 Å². The lowest BCUT2D eigenvalue weighted by atomic mass is 9.98. The molecule has 0 bridgehead atoms. The minimum absolute atomic E-state index is 0.274. The first-order valence-corrected chi connectivity index (χ1v) is 14.4. The zero-order valence-electron chi connectivity index (χ0n) is 24.2. The fourth-order valence-corrected chi connectivity index (χ4v) is 5.83. The van der Waals surface area contributed by atoms with E-state index in [-0.39, 0.29) is 11.5 Å². The maximum atomic E-state index is 12.1. The van der Waals surface area contributed by atoms with E-state index in [4.69, 9.17) is 13.6 Å². The second-order valence-electron chi connectivity index (χ2n) is 10.4. The van der Waals surface area contributed by atoms with Crippen LogP contribution in [-0.4, -0.2) is 24.2 Å². The molecule has 218 valence electrons. The second-order valence-corrected chi connectivity index (χ2v) is 10.4. The van der Waals surface area contributed by atoms with E-state index >= 15 is 0 Å². The van der Waals surface area contributed by atoms with E-state index in [1.54, 1.807) is 18.2 Å². The van der Waals surface area contributed by atoms with Gasteiger partial charge in [-0.2, -0.15) is 0 Å². The van der Waals surface area contributed by atoms with Gasteiger partial charge >= 0.3 is 11.9 Å². The fraction of sp³-hybridized carbons (Fsp3) is 0.0256. The molecule has 45 heavy (non-hydrogen) atoms. The molecule has 6 heteroatoms. The zero-order valence-corrected chi connectivity index (χ0v) is 24.2. The third kappa shape index (κ3) is 4.88. The van der Waals surface area contributed by atoms with Gasteiger partial charge in [0, 0.05) is 32.7 Å². The molecule has 2 aromatic heterocycles. The van der Waals surface area contributed by atoms with Crippen molar-refractivity contribution in [3.63, 3.8) is 0 Å². The molecule has 2 heterocycles. The topological polar surface area (TPSA) is 89.9 Å².